The second-order valence-corrected chi connectivity index (χ2v) is 8.72. The Kier molecular flexibility index (Phi) is 5.17. The Labute approximate surface area is 188 Å². The number of aromatic amines is 1. The van der Waals surface area contributed by atoms with E-state index in [0.29, 0.717) is 33.0 Å². The third-order valence-corrected chi connectivity index (χ3v) is 6.27. The third-order valence-electron chi connectivity index (χ3n) is 6.06. The molecule has 1 fully saturated rings. The molecule has 1 aliphatic rings. The Morgan fingerprint density at radius 3 is 2.78 bits per heavy atom. The molecule has 8 nitrogen and oxygen atoms in total. The van der Waals surface area contributed by atoms with Gasteiger partial charge in [0.1, 0.15) is 11.5 Å². The largest absolute Gasteiger partial charge is 0.417 e. The number of H-pyrrole nitrogens is 1. The highest BCUT2D eigenvalue weighted by molar-refractivity contribution is 6.30. The Bertz CT molecular complexity index is 1430. The summed E-state index contributed by atoms with van der Waals surface area (Å²) in [4.78, 5) is 34.7. The standard InChI is InChI=1S/C23H24ClN5O3/c1-13-20(28-9-4-3-5-10-28)27-21-16(11-15(24)12-29(21)22(13)30)14(2)25-17-7-6-8-18-19(17)32-23(31)26-18/h6-8,11-12,14,25H,3-5,9-10H2,1-2H3,(H,26,31)/t14-/m0/s1. The van der Waals surface area contributed by atoms with Gasteiger partial charge in [-0.2, -0.15) is 0 Å². The van der Waals surface area contributed by atoms with Gasteiger partial charge in [-0.1, -0.05) is 17.7 Å². The molecule has 0 amide bonds. The van der Waals surface area contributed by atoms with E-state index in [0.717, 1.165) is 37.3 Å². The summed E-state index contributed by atoms with van der Waals surface area (Å²) in [6.07, 6.45) is 5.00. The lowest BCUT2D eigenvalue weighted by Gasteiger charge is -2.29. The number of nitrogens with one attached hydrogen (secondary N) is 2. The van der Waals surface area contributed by atoms with Gasteiger partial charge in [-0.25, -0.2) is 9.78 Å². The van der Waals surface area contributed by atoms with Crippen LogP contribution in [0.4, 0.5) is 11.5 Å². The van der Waals surface area contributed by atoms with Gasteiger partial charge < -0.3 is 14.6 Å². The van der Waals surface area contributed by atoms with Crippen molar-refractivity contribution in [2.45, 2.75) is 39.2 Å². The monoisotopic (exact) mass is 453 g/mol. The van der Waals surface area contributed by atoms with Crippen LogP contribution in [0.2, 0.25) is 5.02 Å². The zero-order valence-electron chi connectivity index (χ0n) is 17.9. The first-order valence-electron chi connectivity index (χ1n) is 10.8. The quantitative estimate of drug-likeness (QED) is 0.479. The van der Waals surface area contributed by atoms with Gasteiger partial charge in [-0.3, -0.25) is 14.2 Å². The van der Waals surface area contributed by atoms with Crippen molar-refractivity contribution in [1.82, 2.24) is 14.4 Å². The minimum absolute atomic E-state index is 0.120. The predicted molar refractivity (Wildman–Crippen MR) is 126 cm³/mol. The summed E-state index contributed by atoms with van der Waals surface area (Å²) in [5.74, 6) is 0.231. The Morgan fingerprint density at radius 1 is 1.22 bits per heavy atom. The van der Waals surface area contributed by atoms with Crippen LogP contribution in [0.3, 0.4) is 0 Å². The average molecular weight is 454 g/mol. The van der Waals surface area contributed by atoms with Crippen molar-refractivity contribution in [2.24, 2.45) is 0 Å². The normalized spacial score (nSPS) is 15.4. The minimum atomic E-state index is -0.509. The molecule has 1 atom stereocenters. The fraction of sp³-hybridized carbons (Fsp3) is 0.348. The number of rotatable bonds is 4. The number of hydrogen-bond donors (Lipinski definition) is 2. The van der Waals surface area contributed by atoms with Crippen molar-refractivity contribution in [2.75, 3.05) is 23.3 Å². The molecule has 1 aliphatic heterocycles. The summed E-state index contributed by atoms with van der Waals surface area (Å²) in [5, 5.41) is 3.83. The van der Waals surface area contributed by atoms with Crippen molar-refractivity contribution >= 4 is 39.9 Å². The minimum Gasteiger partial charge on any atom is -0.406 e. The van der Waals surface area contributed by atoms with E-state index >= 15 is 0 Å². The van der Waals surface area contributed by atoms with Crippen LogP contribution in [0.1, 0.15) is 43.4 Å². The molecule has 4 aromatic rings. The molecule has 2 N–H and O–H groups in total. The van der Waals surface area contributed by atoms with E-state index in [1.807, 2.05) is 32.0 Å². The van der Waals surface area contributed by atoms with Crippen LogP contribution in [0.15, 0.2) is 44.5 Å². The molecule has 166 valence electrons. The van der Waals surface area contributed by atoms with Crippen LogP contribution in [-0.4, -0.2) is 27.5 Å². The van der Waals surface area contributed by atoms with Crippen LogP contribution in [0.25, 0.3) is 16.7 Å². The zero-order valence-corrected chi connectivity index (χ0v) is 18.7. The summed E-state index contributed by atoms with van der Waals surface area (Å²) in [6, 6.07) is 7.01. The Balaban J connectivity index is 1.63. The summed E-state index contributed by atoms with van der Waals surface area (Å²) < 4.78 is 6.83. The van der Waals surface area contributed by atoms with E-state index in [-0.39, 0.29) is 11.6 Å². The molecular weight excluding hydrogens is 430 g/mol. The molecule has 0 bridgehead atoms. The molecule has 0 radical (unpaired) electrons. The highest BCUT2D eigenvalue weighted by Crippen LogP contribution is 2.30. The molecule has 0 unspecified atom stereocenters. The molecule has 1 aromatic carbocycles. The predicted octanol–water partition coefficient (Wildman–Crippen LogP) is 4.25. The van der Waals surface area contributed by atoms with Gasteiger partial charge in [-0.15, -0.1) is 0 Å². The maximum atomic E-state index is 13.2. The van der Waals surface area contributed by atoms with E-state index in [1.165, 1.54) is 10.8 Å². The molecule has 5 rings (SSSR count). The zero-order chi connectivity index (χ0) is 22.4. The first-order chi connectivity index (χ1) is 15.4. The second kappa shape index (κ2) is 8.02. The fourth-order valence-corrected chi connectivity index (χ4v) is 4.65. The average Bonchev–Trinajstić information content (AvgIpc) is 3.18. The number of benzene rings is 1. The maximum Gasteiger partial charge on any atom is 0.417 e. The number of oxazole rings is 1. The highest BCUT2D eigenvalue weighted by Gasteiger charge is 2.21. The lowest BCUT2D eigenvalue weighted by Crippen LogP contribution is -2.33. The van der Waals surface area contributed by atoms with Crippen molar-refractivity contribution < 1.29 is 4.42 Å². The van der Waals surface area contributed by atoms with Crippen LogP contribution in [-0.2, 0) is 0 Å². The highest BCUT2D eigenvalue weighted by atomic mass is 35.5. The number of nitrogens with zero attached hydrogens (tertiary/aromatic N) is 3. The molecule has 0 spiro atoms. The van der Waals surface area contributed by atoms with Crippen LogP contribution in [0, 0.1) is 6.92 Å². The van der Waals surface area contributed by atoms with Crippen molar-refractivity contribution in [3.8, 4) is 0 Å². The topological polar surface area (TPSA) is 95.6 Å². The van der Waals surface area contributed by atoms with Gasteiger partial charge in [0.15, 0.2) is 5.58 Å². The molecule has 0 saturated carbocycles. The van der Waals surface area contributed by atoms with E-state index in [4.69, 9.17) is 21.0 Å². The van der Waals surface area contributed by atoms with Crippen molar-refractivity contribution in [3.63, 3.8) is 0 Å². The van der Waals surface area contributed by atoms with Crippen molar-refractivity contribution in [3.05, 3.63) is 67.5 Å². The molecule has 4 heterocycles. The van der Waals surface area contributed by atoms with Gasteiger partial charge in [0.2, 0.25) is 0 Å². The van der Waals surface area contributed by atoms with Gasteiger partial charge in [-0.05, 0) is 51.3 Å². The van der Waals surface area contributed by atoms with E-state index in [2.05, 4.69) is 15.2 Å². The number of aromatic nitrogens is 3. The lowest BCUT2D eigenvalue weighted by molar-refractivity contribution is 0.555. The van der Waals surface area contributed by atoms with E-state index < -0.39 is 5.76 Å². The number of hydrogen-bond acceptors (Lipinski definition) is 6. The van der Waals surface area contributed by atoms with Crippen LogP contribution in [0.5, 0.6) is 0 Å². The molecule has 9 heteroatoms. The molecule has 3 aromatic heterocycles. The smallest absolute Gasteiger partial charge is 0.406 e. The van der Waals surface area contributed by atoms with Gasteiger partial charge in [0, 0.05) is 24.8 Å². The number of anilines is 2. The number of piperidine rings is 1. The molecular formula is C23H24ClN5O3. The number of para-hydroxylation sites is 1. The molecule has 32 heavy (non-hydrogen) atoms. The number of pyridine rings is 1. The van der Waals surface area contributed by atoms with Gasteiger partial charge in [0.25, 0.3) is 5.56 Å². The van der Waals surface area contributed by atoms with E-state index in [1.54, 1.807) is 12.3 Å². The first-order valence-corrected chi connectivity index (χ1v) is 11.2. The summed E-state index contributed by atoms with van der Waals surface area (Å²) >= 11 is 6.39. The van der Waals surface area contributed by atoms with Gasteiger partial charge in [0.05, 0.1) is 27.8 Å². The summed E-state index contributed by atoms with van der Waals surface area (Å²) in [6.45, 7) is 5.58. The fourth-order valence-electron chi connectivity index (χ4n) is 4.44. The molecule has 1 saturated heterocycles. The summed E-state index contributed by atoms with van der Waals surface area (Å²) in [7, 11) is 0. The van der Waals surface area contributed by atoms with Crippen molar-refractivity contribution in [1.29, 1.82) is 0 Å². The Morgan fingerprint density at radius 2 is 2.00 bits per heavy atom. The van der Waals surface area contributed by atoms with Crippen LogP contribution >= 0.6 is 11.6 Å². The second-order valence-electron chi connectivity index (χ2n) is 8.28. The van der Waals surface area contributed by atoms with Crippen LogP contribution < -0.4 is 21.5 Å². The Hall–Kier alpha value is -3.26. The molecule has 0 aliphatic carbocycles. The summed E-state index contributed by atoms with van der Waals surface area (Å²) in [5.41, 5.74) is 3.57. The first kappa shape index (κ1) is 20.6. The SMILES string of the molecule is Cc1c(N2CCCCC2)nc2c([C@H](C)Nc3cccc4[nH]c(=O)oc34)cc(Cl)cn2c1=O. The number of fused-ring (bicyclic) bond motifs is 2. The maximum absolute atomic E-state index is 13.2. The van der Waals surface area contributed by atoms with Gasteiger partial charge >= 0.3 is 5.76 Å². The third kappa shape index (κ3) is 3.54. The lowest BCUT2D eigenvalue weighted by atomic mass is 10.1. The number of halogens is 1. The van der Waals surface area contributed by atoms with E-state index in [9.17, 15) is 9.59 Å².